The molecule has 1 aromatic heterocycles. The number of nitrogens with zero attached hydrogens (tertiary/aromatic N) is 1. The van der Waals surface area contributed by atoms with Crippen LogP contribution in [0.2, 0.25) is 0 Å². The second-order valence-electron chi connectivity index (χ2n) is 4.63. The summed E-state index contributed by atoms with van der Waals surface area (Å²) in [5.41, 5.74) is 0. The SMILES string of the molecule is C=CCN(CCOc1ccc(OC)cc1)Cc1cccs1. The highest BCUT2D eigenvalue weighted by Gasteiger charge is 2.05. The molecule has 3 nitrogen and oxygen atoms in total. The Hall–Kier alpha value is -1.78. The smallest absolute Gasteiger partial charge is 0.119 e. The first-order valence-electron chi connectivity index (χ1n) is 6.94. The highest BCUT2D eigenvalue weighted by molar-refractivity contribution is 7.09. The monoisotopic (exact) mass is 303 g/mol. The molecule has 21 heavy (non-hydrogen) atoms. The Labute approximate surface area is 130 Å². The molecule has 0 saturated heterocycles. The van der Waals surface area contributed by atoms with E-state index in [1.54, 1.807) is 18.4 Å². The molecule has 0 atom stereocenters. The molecule has 0 aliphatic rings. The summed E-state index contributed by atoms with van der Waals surface area (Å²) in [5, 5.41) is 2.11. The number of benzene rings is 1. The van der Waals surface area contributed by atoms with Crippen molar-refractivity contribution in [3.63, 3.8) is 0 Å². The number of ether oxygens (including phenoxy) is 2. The third-order valence-corrected chi connectivity index (χ3v) is 3.94. The molecule has 1 heterocycles. The van der Waals surface area contributed by atoms with Crippen molar-refractivity contribution in [2.24, 2.45) is 0 Å². The zero-order valence-electron chi connectivity index (χ0n) is 12.3. The van der Waals surface area contributed by atoms with E-state index in [9.17, 15) is 0 Å². The Morgan fingerprint density at radius 3 is 2.57 bits per heavy atom. The molecule has 2 aromatic rings. The van der Waals surface area contributed by atoms with Gasteiger partial charge in [0.25, 0.3) is 0 Å². The van der Waals surface area contributed by atoms with E-state index in [1.807, 2.05) is 30.3 Å². The van der Waals surface area contributed by atoms with E-state index >= 15 is 0 Å². The Bertz CT molecular complexity index is 522. The predicted octanol–water partition coefficient (Wildman–Crippen LogP) is 3.82. The van der Waals surface area contributed by atoms with E-state index in [2.05, 4.69) is 29.0 Å². The van der Waals surface area contributed by atoms with Crippen LogP contribution in [0.1, 0.15) is 4.88 Å². The molecule has 0 saturated carbocycles. The van der Waals surface area contributed by atoms with Crippen LogP contribution in [0.5, 0.6) is 11.5 Å². The first kappa shape index (κ1) is 15.6. The lowest BCUT2D eigenvalue weighted by Crippen LogP contribution is -2.27. The molecule has 2 rings (SSSR count). The fourth-order valence-corrected chi connectivity index (χ4v) is 2.75. The van der Waals surface area contributed by atoms with Crippen molar-refractivity contribution in [2.45, 2.75) is 6.54 Å². The van der Waals surface area contributed by atoms with Gasteiger partial charge in [0.05, 0.1) is 7.11 Å². The molecule has 0 unspecified atom stereocenters. The van der Waals surface area contributed by atoms with Gasteiger partial charge in [0.15, 0.2) is 0 Å². The van der Waals surface area contributed by atoms with E-state index in [4.69, 9.17) is 9.47 Å². The zero-order valence-corrected chi connectivity index (χ0v) is 13.1. The maximum atomic E-state index is 5.77. The fraction of sp³-hybridized carbons (Fsp3) is 0.294. The van der Waals surface area contributed by atoms with Crippen molar-refractivity contribution in [1.82, 2.24) is 4.90 Å². The van der Waals surface area contributed by atoms with E-state index in [0.29, 0.717) is 6.61 Å². The number of thiophene rings is 1. The third-order valence-electron chi connectivity index (χ3n) is 3.08. The van der Waals surface area contributed by atoms with Gasteiger partial charge in [-0.05, 0) is 35.7 Å². The summed E-state index contributed by atoms with van der Waals surface area (Å²) in [4.78, 5) is 3.68. The molecule has 0 aliphatic carbocycles. The highest BCUT2D eigenvalue weighted by Crippen LogP contribution is 2.17. The minimum atomic E-state index is 0.658. The van der Waals surface area contributed by atoms with Gasteiger partial charge in [-0.25, -0.2) is 0 Å². The highest BCUT2D eigenvalue weighted by atomic mass is 32.1. The minimum absolute atomic E-state index is 0.658. The van der Waals surface area contributed by atoms with Crippen LogP contribution in [0.4, 0.5) is 0 Å². The summed E-state index contributed by atoms with van der Waals surface area (Å²) in [5.74, 6) is 1.71. The minimum Gasteiger partial charge on any atom is -0.497 e. The van der Waals surface area contributed by atoms with Gasteiger partial charge < -0.3 is 9.47 Å². The summed E-state index contributed by atoms with van der Waals surface area (Å²) in [6.45, 7) is 7.16. The van der Waals surface area contributed by atoms with Crippen molar-refractivity contribution >= 4 is 11.3 Å². The Kier molecular flexibility index (Phi) is 6.31. The Balaban J connectivity index is 1.79. The van der Waals surface area contributed by atoms with Crippen LogP contribution in [0.15, 0.2) is 54.4 Å². The second-order valence-corrected chi connectivity index (χ2v) is 5.66. The van der Waals surface area contributed by atoms with Gasteiger partial charge in [-0.2, -0.15) is 0 Å². The second kappa shape index (κ2) is 8.49. The molecule has 0 fully saturated rings. The van der Waals surface area contributed by atoms with Crippen molar-refractivity contribution < 1.29 is 9.47 Å². The van der Waals surface area contributed by atoms with Gasteiger partial charge in [-0.1, -0.05) is 12.1 Å². The summed E-state index contributed by atoms with van der Waals surface area (Å²) in [7, 11) is 1.66. The lowest BCUT2D eigenvalue weighted by molar-refractivity contribution is 0.218. The summed E-state index contributed by atoms with van der Waals surface area (Å²) in [6, 6.07) is 11.9. The lowest BCUT2D eigenvalue weighted by atomic mass is 10.3. The Morgan fingerprint density at radius 2 is 1.95 bits per heavy atom. The van der Waals surface area contributed by atoms with Crippen molar-refractivity contribution in [3.05, 3.63) is 59.3 Å². The molecule has 0 amide bonds. The van der Waals surface area contributed by atoms with Crippen LogP contribution >= 0.6 is 11.3 Å². The fourth-order valence-electron chi connectivity index (χ4n) is 2.00. The quantitative estimate of drug-likeness (QED) is 0.657. The number of hydrogen-bond donors (Lipinski definition) is 0. The van der Waals surface area contributed by atoms with Crippen molar-refractivity contribution in [3.8, 4) is 11.5 Å². The molecular weight excluding hydrogens is 282 g/mol. The van der Waals surface area contributed by atoms with Crippen molar-refractivity contribution in [1.29, 1.82) is 0 Å². The van der Waals surface area contributed by atoms with Gasteiger partial charge in [-0.3, -0.25) is 4.90 Å². The van der Waals surface area contributed by atoms with E-state index in [-0.39, 0.29) is 0 Å². The van der Waals surface area contributed by atoms with E-state index < -0.39 is 0 Å². The van der Waals surface area contributed by atoms with E-state index in [0.717, 1.165) is 31.1 Å². The van der Waals surface area contributed by atoms with Gasteiger partial charge in [-0.15, -0.1) is 17.9 Å². The van der Waals surface area contributed by atoms with Crippen LogP contribution < -0.4 is 9.47 Å². The maximum Gasteiger partial charge on any atom is 0.119 e. The molecule has 0 N–H and O–H groups in total. The summed E-state index contributed by atoms with van der Waals surface area (Å²) < 4.78 is 10.9. The van der Waals surface area contributed by atoms with E-state index in [1.165, 1.54) is 4.88 Å². The van der Waals surface area contributed by atoms with Crippen molar-refractivity contribution in [2.75, 3.05) is 26.8 Å². The van der Waals surface area contributed by atoms with Crippen LogP contribution in [0.3, 0.4) is 0 Å². The molecular formula is C17H21NO2S. The van der Waals surface area contributed by atoms with Crippen LogP contribution in [-0.2, 0) is 6.54 Å². The first-order valence-corrected chi connectivity index (χ1v) is 7.82. The van der Waals surface area contributed by atoms with Crippen LogP contribution in [0, 0.1) is 0 Å². The molecule has 0 bridgehead atoms. The summed E-state index contributed by atoms with van der Waals surface area (Å²) in [6.07, 6.45) is 1.93. The number of hydrogen-bond acceptors (Lipinski definition) is 4. The number of methoxy groups -OCH3 is 1. The van der Waals surface area contributed by atoms with Gasteiger partial charge >= 0.3 is 0 Å². The zero-order chi connectivity index (χ0) is 14.9. The molecule has 1 aromatic carbocycles. The molecule has 0 aliphatic heterocycles. The normalized spacial score (nSPS) is 10.6. The first-order chi connectivity index (χ1) is 10.3. The van der Waals surface area contributed by atoms with Gasteiger partial charge in [0, 0.05) is 24.5 Å². The largest absolute Gasteiger partial charge is 0.497 e. The van der Waals surface area contributed by atoms with Gasteiger partial charge in [0.1, 0.15) is 18.1 Å². The molecule has 4 heteroatoms. The standard InChI is InChI=1S/C17H21NO2S/c1-3-10-18(14-17-5-4-13-21-17)11-12-20-16-8-6-15(19-2)7-9-16/h3-9,13H,1,10-12,14H2,2H3. The maximum absolute atomic E-state index is 5.77. The van der Waals surface area contributed by atoms with Gasteiger partial charge in [0.2, 0.25) is 0 Å². The Morgan fingerprint density at radius 1 is 1.19 bits per heavy atom. The predicted molar refractivity (Wildman–Crippen MR) is 88.3 cm³/mol. The average molecular weight is 303 g/mol. The van der Waals surface area contributed by atoms with Crippen LogP contribution in [0.25, 0.3) is 0 Å². The number of rotatable bonds is 9. The molecule has 112 valence electrons. The molecule has 0 spiro atoms. The lowest BCUT2D eigenvalue weighted by Gasteiger charge is -2.20. The summed E-state index contributed by atoms with van der Waals surface area (Å²) >= 11 is 1.78. The average Bonchev–Trinajstić information content (AvgIpc) is 3.01. The molecule has 0 radical (unpaired) electrons. The third kappa shape index (κ3) is 5.25. The topological polar surface area (TPSA) is 21.7 Å². The van der Waals surface area contributed by atoms with Crippen LogP contribution in [-0.4, -0.2) is 31.7 Å².